The number of halogens is 1. The molecule has 0 fully saturated rings. The zero-order chi connectivity index (χ0) is 18.3. The molecule has 0 aliphatic heterocycles. The molecule has 7 heteroatoms. The highest BCUT2D eigenvalue weighted by Crippen LogP contribution is 2.44. The van der Waals surface area contributed by atoms with E-state index < -0.39 is 13.0 Å². The van der Waals surface area contributed by atoms with Crippen LogP contribution in [0, 0.1) is 5.82 Å². The summed E-state index contributed by atoms with van der Waals surface area (Å²) in [5.41, 5.74) is 1.49. The van der Waals surface area contributed by atoms with Crippen LogP contribution in [0.25, 0.3) is 21.5 Å². The summed E-state index contributed by atoms with van der Waals surface area (Å²) in [6, 6.07) is 10.5. The fourth-order valence-electron chi connectivity index (χ4n) is 2.94. The average Bonchev–Trinajstić information content (AvgIpc) is 3.25. The lowest BCUT2D eigenvalue weighted by Crippen LogP contribution is -2.10. The standard InChI is InChI=1S/C19H16FN2O2PS/c1-25(2,23)18-14-6-7-21-16(14)11-15(20)17(18)24-13-5-3-4-12(10-13)19-22-8-9-26-19/h3-11,21H,1-2H3. The zero-order valence-corrected chi connectivity index (χ0v) is 15.9. The van der Waals surface area contributed by atoms with Gasteiger partial charge in [-0.25, -0.2) is 9.37 Å². The first kappa shape index (κ1) is 17.0. The molecule has 0 spiro atoms. The smallest absolute Gasteiger partial charge is 0.174 e. The number of hydrogen-bond donors (Lipinski definition) is 1. The third-order valence-electron chi connectivity index (χ3n) is 4.01. The molecule has 0 unspecified atom stereocenters. The second-order valence-corrected chi connectivity index (χ2v) is 10.3. The largest absolute Gasteiger partial charge is 0.453 e. The molecule has 0 amide bonds. The lowest BCUT2D eigenvalue weighted by atomic mass is 10.2. The second kappa shape index (κ2) is 6.38. The summed E-state index contributed by atoms with van der Waals surface area (Å²) < 4.78 is 33.5. The molecule has 0 aliphatic rings. The first-order valence-corrected chi connectivity index (χ1v) is 11.4. The van der Waals surface area contributed by atoms with E-state index in [4.69, 9.17) is 4.74 Å². The maximum Gasteiger partial charge on any atom is 0.174 e. The van der Waals surface area contributed by atoms with Crippen LogP contribution in [-0.4, -0.2) is 23.3 Å². The van der Waals surface area contributed by atoms with Crippen molar-refractivity contribution in [3.05, 3.63) is 60.0 Å². The summed E-state index contributed by atoms with van der Waals surface area (Å²) in [6.07, 6.45) is 3.44. The number of hydrogen-bond acceptors (Lipinski definition) is 4. The Morgan fingerprint density at radius 2 is 2.08 bits per heavy atom. The maximum absolute atomic E-state index is 14.8. The Bertz CT molecular complexity index is 1130. The van der Waals surface area contributed by atoms with Crippen LogP contribution in [-0.2, 0) is 4.57 Å². The number of aromatic amines is 1. The molecule has 2 aromatic carbocycles. The van der Waals surface area contributed by atoms with Gasteiger partial charge in [-0.05, 0) is 31.5 Å². The van der Waals surface area contributed by atoms with Crippen molar-refractivity contribution in [1.82, 2.24) is 9.97 Å². The summed E-state index contributed by atoms with van der Waals surface area (Å²) in [4.78, 5) is 7.25. The van der Waals surface area contributed by atoms with E-state index in [1.807, 2.05) is 17.5 Å². The van der Waals surface area contributed by atoms with Gasteiger partial charge >= 0.3 is 0 Å². The summed E-state index contributed by atoms with van der Waals surface area (Å²) in [5, 5.41) is 3.87. The quantitative estimate of drug-likeness (QED) is 0.473. The first-order chi connectivity index (χ1) is 12.4. The molecule has 26 heavy (non-hydrogen) atoms. The molecule has 4 aromatic rings. The van der Waals surface area contributed by atoms with Gasteiger partial charge in [-0.1, -0.05) is 12.1 Å². The van der Waals surface area contributed by atoms with E-state index in [2.05, 4.69) is 9.97 Å². The van der Waals surface area contributed by atoms with E-state index in [0.717, 1.165) is 10.6 Å². The van der Waals surface area contributed by atoms with Crippen molar-refractivity contribution in [2.75, 3.05) is 13.3 Å². The minimum absolute atomic E-state index is 0.0155. The third kappa shape index (κ3) is 3.06. The number of thiazole rings is 1. The minimum atomic E-state index is -2.79. The number of fused-ring (bicyclic) bond motifs is 1. The molecule has 0 saturated heterocycles. The van der Waals surface area contributed by atoms with Crippen LogP contribution in [0.4, 0.5) is 4.39 Å². The molecule has 0 bridgehead atoms. The predicted octanol–water partition coefficient (Wildman–Crippen LogP) is 5.47. The van der Waals surface area contributed by atoms with Crippen molar-refractivity contribution in [3.8, 4) is 22.1 Å². The Balaban J connectivity index is 1.84. The summed E-state index contributed by atoms with van der Waals surface area (Å²) in [5.74, 6) is -0.0542. The van der Waals surface area contributed by atoms with Crippen LogP contribution in [0.1, 0.15) is 0 Å². The lowest BCUT2D eigenvalue weighted by Gasteiger charge is -2.17. The van der Waals surface area contributed by atoms with Gasteiger partial charge in [0.05, 0.1) is 5.30 Å². The molecule has 4 rings (SSSR count). The van der Waals surface area contributed by atoms with Gasteiger partial charge in [0.2, 0.25) is 0 Å². The van der Waals surface area contributed by atoms with Gasteiger partial charge in [0.15, 0.2) is 11.6 Å². The van der Waals surface area contributed by atoms with Crippen LogP contribution in [0.15, 0.2) is 54.2 Å². The van der Waals surface area contributed by atoms with Crippen molar-refractivity contribution in [1.29, 1.82) is 0 Å². The van der Waals surface area contributed by atoms with E-state index in [-0.39, 0.29) is 5.75 Å². The molecular weight excluding hydrogens is 370 g/mol. The van der Waals surface area contributed by atoms with Crippen molar-refractivity contribution < 1.29 is 13.7 Å². The number of H-pyrrole nitrogens is 1. The fourth-order valence-corrected chi connectivity index (χ4v) is 5.00. The summed E-state index contributed by atoms with van der Waals surface area (Å²) in [6.45, 7) is 3.24. The van der Waals surface area contributed by atoms with E-state index in [1.54, 1.807) is 43.9 Å². The Morgan fingerprint density at radius 1 is 1.23 bits per heavy atom. The van der Waals surface area contributed by atoms with Crippen molar-refractivity contribution in [2.45, 2.75) is 0 Å². The van der Waals surface area contributed by atoms with Crippen molar-refractivity contribution in [3.63, 3.8) is 0 Å². The molecule has 132 valence electrons. The van der Waals surface area contributed by atoms with Crippen LogP contribution in [0.5, 0.6) is 11.5 Å². The average molecular weight is 386 g/mol. The van der Waals surface area contributed by atoms with Crippen molar-refractivity contribution >= 4 is 34.7 Å². The third-order valence-corrected chi connectivity index (χ3v) is 6.35. The number of nitrogens with zero attached hydrogens (tertiary/aromatic N) is 1. The highest BCUT2D eigenvalue weighted by Gasteiger charge is 2.25. The topological polar surface area (TPSA) is 55.0 Å². The molecule has 0 aliphatic carbocycles. The number of benzene rings is 2. The lowest BCUT2D eigenvalue weighted by molar-refractivity contribution is 0.447. The molecule has 2 aromatic heterocycles. The van der Waals surface area contributed by atoms with Crippen LogP contribution in [0.2, 0.25) is 0 Å². The van der Waals surface area contributed by atoms with E-state index in [0.29, 0.717) is 22.0 Å². The van der Waals surface area contributed by atoms with Gasteiger partial charge < -0.3 is 14.3 Å². The van der Waals surface area contributed by atoms with Gasteiger partial charge in [0.25, 0.3) is 0 Å². The molecular formula is C19H16FN2O2PS. The fraction of sp³-hybridized carbons (Fsp3) is 0.105. The zero-order valence-electron chi connectivity index (χ0n) is 14.2. The molecule has 0 radical (unpaired) electrons. The van der Waals surface area contributed by atoms with Crippen LogP contribution >= 0.6 is 18.5 Å². The predicted molar refractivity (Wildman–Crippen MR) is 105 cm³/mol. The van der Waals surface area contributed by atoms with Crippen molar-refractivity contribution in [2.24, 2.45) is 0 Å². The Kier molecular flexibility index (Phi) is 4.17. The number of ether oxygens (including phenoxy) is 1. The molecule has 1 N–H and O–H groups in total. The molecule has 0 saturated carbocycles. The second-order valence-electron chi connectivity index (χ2n) is 6.29. The van der Waals surface area contributed by atoms with Crippen LogP contribution in [0.3, 0.4) is 0 Å². The molecule has 2 heterocycles. The van der Waals surface area contributed by atoms with E-state index >= 15 is 0 Å². The number of aromatic nitrogens is 2. The van der Waals surface area contributed by atoms with E-state index in [1.165, 1.54) is 17.4 Å². The maximum atomic E-state index is 14.8. The highest BCUT2D eigenvalue weighted by molar-refractivity contribution is 7.70. The van der Waals surface area contributed by atoms with E-state index in [9.17, 15) is 8.96 Å². The Hall–Kier alpha value is -2.43. The van der Waals surface area contributed by atoms with Gasteiger partial charge in [0, 0.05) is 40.3 Å². The van der Waals surface area contributed by atoms with Gasteiger partial charge in [-0.2, -0.15) is 0 Å². The van der Waals surface area contributed by atoms with Gasteiger partial charge in [0.1, 0.15) is 17.9 Å². The molecule has 0 atom stereocenters. The Morgan fingerprint density at radius 3 is 2.81 bits per heavy atom. The first-order valence-electron chi connectivity index (χ1n) is 7.96. The Labute approximate surface area is 154 Å². The summed E-state index contributed by atoms with van der Waals surface area (Å²) in [7, 11) is -2.79. The number of nitrogens with one attached hydrogen (secondary N) is 1. The van der Waals surface area contributed by atoms with Gasteiger partial charge in [-0.15, -0.1) is 11.3 Å². The summed E-state index contributed by atoms with van der Waals surface area (Å²) >= 11 is 1.52. The normalized spacial score (nSPS) is 11.8. The SMILES string of the molecule is CP(C)(=O)c1c(Oc2cccc(-c3nccs3)c2)c(F)cc2[nH]ccc12. The highest BCUT2D eigenvalue weighted by atomic mass is 32.1. The van der Waals surface area contributed by atoms with Gasteiger partial charge in [-0.3, -0.25) is 0 Å². The molecule has 4 nitrogen and oxygen atoms in total. The number of rotatable bonds is 4. The minimum Gasteiger partial charge on any atom is -0.453 e. The van der Waals surface area contributed by atoms with Crippen LogP contribution < -0.4 is 10.0 Å². The monoisotopic (exact) mass is 386 g/mol.